The molecule has 0 aliphatic heterocycles. The van der Waals surface area contributed by atoms with Crippen LogP contribution in [-0.4, -0.2) is 28.5 Å². The van der Waals surface area contributed by atoms with Crippen LogP contribution in [0.5, 0.6) is 0 Å². The summed E-state index contributed by atoms with van der Waals surface area (Å²) >= 11 is 0. The first-order valence-corrected chi connectivity index (χ1v) is 5.44. The molecular weight excluding hydrogens is 206 g/mol. The molecule has 1 atom stereocenters. The van der Waals surface area contributed by atoms with E-state index in [0.29, 0.717) is 0 Å². The zero-order valence-corrected chi connectivity index (χ0v) is 10.1. The summed E-state index contributed by atoms with van der Waals surface area (Å²) in [4.78, 5) is 11.6. The Bertz CT molecular complexity index is 357. The van der Waals surface area contributed by atoms with Gasteiger partial charge in [-0.05, 0) is 25.0 Å². The van der Waals surface area contributed by atoms with Crippen molar-refractivity contribution in [1.82, 2.24) is 15.4 Å². The summed E-state index contributed by atoms with van der Waals surface area (Å²) in [5, 5.41) is 11.7. The molecule has 0 N–H and O–H groups in total. The Morgan fingerprint density at radius 2 is 1.75 bits per heavy atom. The van der Waals surface area contributed by atoms with Crippen LogP contribution < -0.4 is 0 Å². The van der Waals surface area contributed by atoms with E-state index < -0.39 is 0 Å². The van der Waals surface area contributed by atoms with Crippen LogP contribution in [0.4, 0.5) is 0 Å². The number of aryl methyl sites for hydroxylation is 2. The van der Waals surface area contributed by atoms with E-state index in [1.807, 2.05) is 20.8 Å². The normalized spacial score (nSPS) is 12.2. The van der Waals surface area contributed by atoms with E-state index in [4.69, 9.17) is 4.74 Å². The predicted molar refractivity (Wildman–Crippen MR) is 59.0 cm³/mol. The highest BCUT2D eigenvalue weighted by molar-refractivity contribution is 5.78. The number of hydrogen-bond acceptors (Lipinski definition) is 5. The van der Waals surface area contributed by atoms with Gasteiger partial charge in [0.15, 0.2) is 0 Å². The van der Waals surface area contributed by atoms with Crippen molar-refractivity contribution in [2.75, 3.05) is 7.11 Å². The number of nitrogens with zero attached hydrogens (tertiary/aromatic N) is 3. The van der Waals surface area contributed by atoms with Gasteiger partial charge in [-0.25, -0.2) is 0 Å². The summed E-state index contributed by atoms with van der Waals surface area (Å²) in [6, 6.07) is 0. The third-order valence-corrected chi connectivity index (χ3v) is 2.61. The zero-order valence-electron chi connectivity index (χ0n) is 10.1. The zero-order chi connectivity index (χ0) is 12.1. The molecule has 1 aromatic rings. The molecule has 0 aromatic carbocycles. The van der Waals surface area contributed by atoms with Crippen molar-refractivity contribution >= 4 is 5.97 Å². The molecule has 1 heterocycles. The van der Waals surface area contributed by atoms with Crippen LogP contribution in [0.25, 0.3) is 0 Å². The average molecular weight is 223 g/mol. The van der Waals surface area contributed by atoms with E-state index in [9.17, 15) is 4.79 Å². The number of methoxy groups -OCH3 is 1. The fourth-order valence-electron chi connectivity index (χ4n) is 1.72. The molecule has 5 nitrogen and oxygen atoms in total. The lowest BCUT2D eigenvalue weighted by atomic mass is 9.95. The van der Waals surface area contributed by atoms with Gasteiger partial charge in [0, 0.05) is 5.56 Å². The first-order chi connectivity index (χ1) is 7.65. The van der Waals surface area contributed by atoms with E-state index in [0.717, 1.165) is 29.8 Å². The maximum atomic E-state index is 11.6. The first kappa shape index (κ1) is 12.5. The van der Waals surface area contributed by atoms with Crippen molar-refractivity contribution in [3.8, 4) is 0 Å². The van der Waals surface area contributed by atoms with Crippen LogP contribution in [0.1, 0.15) is 43.6 Å². The number of carbonyl (C=O) groups excluding carboxylic acids is 1. The van der Waals surface area contributed by atoms with Crippen molar-refractivity contribution < 1.29 is 9.53 Å². The fourth-order valence-corrected chi connectivity index (χ4v) is 1.72. The van der Waals surface area contributed by atoms with Gasteiger partial charge in [-0.3, -0.25) is 4.79 Å². The van der Waals surface area contributed by atoms with E-state index in [2.05, 4.69) is 15.4 Å². The number of esters is 1. The van der Waals surface area contributed by atoms with Gasteiger partial charge in [-0.2, -0.15) is 0 Å². The van der Waals surface area contributed by atoms with Crippen molar-refractivity contribution in [1.29, 1.82) is 0 Å². The molecule has 0 aliphatic carbocycles. The Morgan fingerprint density at radius 3 is 2.12 bits per heavy atom. The SMILES string of the molecule is CCc1nnnc(CC)c1C(C)C(=O)OC. The van der Waals surface area contributed by atoms with Gasteiger partial charge in [0.25, 0.3) is 0 Å². The van der Waals surface area contributed by atoms with Crippen molar-refractivity contribution in [3.63, 3.8) is 0 Å². The lowest BCUT2D eigenvalue weighted by Gasteiger charge is -2.14. The Hall–Kier alpha value is -1.52. The number of ether oxygens (including phenoxy) is 1. The second-order valence-corrected chi connectivity index (χ2v) is 3.55. The molecule has 0 radical (unpaired) electrons. The average Bonchev–Trinajstić information content (AvgIpc) is 2.35. The molecule has 88 valence electrons. The van der Waals surface area contributed by atoms with Gasteiger partial charge in [0.1, 0.15) is 0 Å². The van der Waals surface area contributed by atoms with E-state index in [1.165, 1.54) is 7.11 Å². The number of rotatable bonds is 4. The van der Waals surface area contributed by atoms with Gasteiger partial charge >= 0.3 is 5.97 Å². The van der Waals surface area contributed by atoms with Gasteiger partial charge in [0.05, 0.1) is 24.4 Å². The summed E-state index contributed by atoms with van der Waals surface area (Å²) in [5.41, 5.74) is 2.52. The smallest absolute Gasteiger partial charge is 0.312 e. The van der Waals surface area contributed by atoms with Crippen molar-refractivity contribution in [2.24, 2.45) is 0 Å². The Morgan fingerprint density at radius 1 is 1.25 bits per heavy atom. The molecule has 1 rings (SSSR count). The molecule has 0 spiro atoms. The summed E-state index contributed by atoms with van der Waals surface area (Å²) in [6.07, 6.45) is 1.47. The molecule has 0 saturated carbocycles. The van der Waals surface area contributed by atoms with Gasteiger partial charge in [0.2, 0.25) is 0 Å². The van der Waals surface area contributed by atoms with Crippen LogP contribution >= 0.6 is 0 Å². The highest BCUT2D eigenvalue weighted by atomic mass is 16.5. The minimum Gasteiger partial charge on any atom is -0.469 e. The second kappa shape index (κ2) is 5.53. The van der Waals surface area contributed by atoms with Crippen LogP contribution in [0.15, 0.2) is 0 Å². The van der Waals surface area contributed by atoms with Crippen LogP contribution in [0.2, 0.25) is 0 Å². The Balaban J connectivity index is 3.22. The summed E-state index contributed by atoms with van der Waals surface area (Å²) in [7, 11) is 1.39. The summed E-state index contributed by atoms with van der Waals surface area (Å²) in [5.74, 6) is -0.600. The standard InChI is InChI=1S/C11H17N3O2/c1-5-8-10(7(3)11(15)16-4)9(6-2)13-14-12-8/h7H,5-6H2,1-4H3. The van der Waals surface area contributed by atoms with E-state index in [1.54, 1.807) is 0 Å². The molecule has 0 saturated heterocycles. The molecule has 0 fully saturated rings. The molecule has 0 aliphatic rings. The molecule has 0 amide bonds. The number of hydrogen-bond donors (Lipinski definition) is 0. The Labute approximate surface area is 95.2 Å². The van der Waals surface area contributed by atoms with Gasteiger partial charge in [-0.15, -0.1) is 10.2 Å². The second-order valence-electron chi connectivity index (χ2n) is 3.55. The highest BCUT2D eigenvalue weighted by Gasteiger charge is 2.23. The molecule has 5 heteroatoms. The molecule has 0 bridgehead atoms. The molecular formula is C11H17N3O2. The van der Waals surface area contributed by atoms with E-state index in [-0.39, 0.29) is 11.9 Å². The quantitative estimate of drug-likeness (QED) is 0.719. The third-order valence-electron chi connectivity index (χ3n) is 2.61. The fraction of sp³-hybridized carbons (Fsp3) is 0.636. The first-order valence-electron chi connectivity index (χ1n) is 5.44. The maximum absolute atomic E-state index is 11.6. The highest BCUT2D eigenvalue weighted by Crippen LogP contribution is 2.22. The summed E-state index contributed by atoms with van der Waals surface area (Å²) in [6.45, 7) is 5.77. The van der Waals surface area contributed by atoms with Crippen molar-refractivity contribution in [2.45, 2.75) is 39.5 Å². The van der Waals surface area contributed by atoms with Gasteiger partial charge in [-0.1, -0.05) is 13.8 Å². The molecule has 16 heavy (non-hydrogen) atoms. The van der Waals surface area contributed by atoms with Crippen LogP contribution in [0.3, 0.4) is 0 Å². The number of aromatic nitrogens is 3. The topological polar surface area (TPSA) is 65.0 Å². The van der Waals surface area contributed by atoms with E-state index >= 15 is 0 Å². The van der Waals surface area contributed by atoms with Crippen LogP contribution in [-0.2, 0) is 22.4 Å². The largest absolute Gasteiger partial charge is 0.469 e. The number of carbonyl (C=O) groups is 1. The summed E-state index contributed by atoms with van der Waals surface area (Å²) < 4.78 is 4.75. The maximum Gasteiger partial charge on any atom is 0.312 e. The van der Waals surface area contributed by atoms with Crippen LogP contribution in [0, 0.1) is 0 Å². The minimum absolute atomic E-state index is 0.265. The third kappa shape index (κ3) is 2.35. The monoisotopic (exact) mass is 223 g/mol. The van der Waals surface area contributed by atoms with Crippen molar-refractivity contribution in [3.05, 3.63) is 17.0 Å². The molecule has 1 aromatic heterocycles. The minimum atomic E-state index is -0.335. The lowest BCUT2D eigenvalue weighted by Crippen LogP contribution is -2.17. The predicted octanol–water partition coefficient (Wildman–Crippen LogP) is 1.27. The Kier molecular flexibility index (Phi) is 4.34. The molecule has 1 unspecified atom stereocenters. The lowest BCUT2D eigenvalue weighted by molar-refractivity contribution is -0.142. The van der Waals surface area contributed by atoms with Gasteiger partial charge < -0.3 is 4.74 Å².